The summed E-state index contributed by atoms with van der Waals surface area (Å²) < 4.78 is 4.66. The van der Waals surface area contributed by atoms with Crippen LogP contribution < -0.4 is 5.32 Å². The Morgan fingerprint density at radius 2 is 2.10 bits per heavy atom. The first-order valence-corrected chi connectivity index (χ1v) is 6.51. The molecular weight excluding hydrogens is 272 g/mol. The van der Waals surface area contributed by atoms with E-state index < -0.39 is 5.54 Å². The molecule has 0 aliphatic carbocycles. The Kier molecular flexibility index (Phi) is 3.17. The largest absolute Gasteiger partial charge is 0.343 e. The number of carbonyl (C=O) groups is 2. The van der Waals surface area contributed by atoms with Crippen LogP contribution in [-0.4, -0.2) is 33.4 Å². The van der Waals surface area contributed by atoms with Crippen molar-refractivity contribution in [1.82, 2.24) is 20.4 Å². The molecule has 0 radical (unpaired) electrons. The van der Waals surface area contributed by atoms with E-state index in [9.17, 15) is 9.59 Å². The lowest BCUT2D eigenvalue weighted by Crippen LogP contribution is -2.63. The molecule has 2 amide bonds. The Bertz CT molecular complexity index is 656. The van der Waals surface area contributed by atoms with Gasteiger partial charge in [-0.2, -0.15) is 4.98 Å². The SMILES string of the molecule is CC1(c2ccccc2)NC(=O)CN(Cc2ncon2)C1=O. The van der Waals surface area contributed by atoms with Crippen molar-refractivity contribution in [3.05, 3.63) is 48.1 Å². The normalized spacial score (nSPS) is 22.2. The summed E-state index contributed by atoms with van der Waals surface area (Å²) in [6.45, 7) is 1.83. The minimum atomic E-state index is -1.08. The predicted molar refractivity (Wildman–Crippen MR) is 71.7 cm³/mol. The molecule has 7 heteroatoms. The molecule has 1 aromatic carbocycles. The molecule has 21 heavy (non-hydrogen) atoms. The van der Waals surface area contributed by atoms with Crippen molar-refractivity contribution in [3.8, 4) is 0 Å². The van der Waals surface area contributed by atoms with Gasteiger partial charge in [-0.15, -0.1) is 0 Å². The molecule has 1 atom stereocenters. The first-order valence-electron chi connectivity index (χ1n) is 6.51. The highest BCUT2D eigenvalue weighted by Gasteiger charge is 2.44. The van der Waals surface area contributed by atoms with Crippen molar-refractivity contribution in [2.75, 3.05) is 6.54 Å². The Morgan fingerprint density at radius 3 is 2.76 bits per heavy atom. The van der Waals surface area contributed by atoms with Gasteiger partial charge in [-0.3, -0.25) is 9.59 Å². The van der Waals surface area contributed by atoms with E-state index in [2.05, 4.69) is 20.0 Å². The predicted octanol–water partition coefficient (Wildman–Crippen LogP) is 0.443. The van der Waals surface area contributed by atoms with Crippen LogP contribution >= 0.6 is 0 Å². The number of nitrogens with one attached hydrogen (secondary N) is 1. The van der Waals surface area contributed by atoms with Crippen LogP contribution in [0.15, 0.2) is 41.2 Å². The number of amides is 2. The molecule has 1 aromatic heterocycles. The number of hydrogen-bond donors (Lipinski definition) is 1. The van der Waals surface area contributed by atoms with E-state index >= 15 is 0 Å². The summed E-state index contributed by atoms with van der Waals surface area (Å²) in [5, 5.41) is 6.45. The molecule has 1 saturated heterocycles. The maximum atomic E-state index is 12.7. The Hall–Kier alpha value is -2.70. The average molecular weight is 286 g/mol. The van der Waals surface area contributed by atoms with E-state index in [1.165, 1.54) is 11.3 Å². The van der Waals surface area contributed by atoms with E-state index in [0.717, 1.165) is 5.56 Å². The standard InChI is InChI=1S/C14H14N4O3/c1-14(10-5-3-2-4-6-10)13(20)18(8-12(19)16-14)7-11-15-9-21-17-11/h2-6,9H,7-8H2,1H3,(H,16,19). The molecule has 2 heterocycles. The van der Waals surface area contributed by atoms with Gasteiger partial charge in [-0.25, -0.2) is 0 Å². The smallest absolute Gasteiger partial charge is 0.253 e. The minimum Gasteiger partial charge on any atom is -0.343 e. The number of aromatic nitrogens is 2. The summed E-state index contributed by atoms with van der Waals surface area (Å²) >= 11 is 0. The quantitative estimate of drug-likeness (QED) is 0.884. The van der Waals surface area contributed by atoms with Crippen molar-refractivity contribution in [1.29, 1.82) is 0 Å². The van der Waals surface area contributed by atoms with Gasteiger partial charge in [0.15, 0.2) is 5.82 Å². The summed E-state index contributed by atoms with van der Waals surface area (Å²) in [6, 6.07) is 9.15. The molecule has 1 aliphatic rings. The maximum absolute atomic E-state index is 12.7. The lowest BCUT2D eigenvalue weighted by molar-refractivity contribution is -0.150. The zero-order valence-corrected chi connectivity index (χ0v) is 11.4. The topological polar surface area (TPSA) is 88.3 Å². The molecule has 0 bridgehead atoms. The lowest BCUT2D eigenvalue weighted by Gasteiger charge is -2.39. The second-order valence-corrected chi connectivity index (χ2v) is 5.05. The summed E-state index contributed by atoms with van der Waals surface area (Å²) in [7, 11) is 0. The summed E-state index contributed by atoms with van der Waals surface area (Å²) in [5.74, 6) is -0.0454. The van der Waals surface area contributed by atoms with Crippen molar-refractivity contribution in [3.63, 3.8) is 0 Å². The van der Waals surface area contributed by atoms with E-state index in [0.29, 0.717) is 5.82 Å². The maximum Gasteiger partial charge on any atom is 0.253 e. The fourth-order valence-corrected chi connectivity index (χ4v) is 2.46. The third kappa shape index (κ3) is 2.37. The average Bonchev–Trinajstić information content (AvgIpc) is 2.98. The molecule has 1 fully saturated rings. The van der Waals surface area contributed by atoms with E-state index in [1.807, 2.05) is 30.3 Å². The first-order chi connectivity index (χ1) is 10.1. The Labute approximate surface area is 120 Å². The highest BCUT2D eigenvalue weighted by molar-refractivity contribution is 5.98. The van der Waals surface area contributed by atoms with Crippen molar-refractivity contribution in [2.45, 2.75) is 19.0 Å². The molecule has 1 aliphatic heterocycles. The van der Waals surface area contributed by atoms with Gasteiger partial charge in [0.25, 0.3) is 5.91 Å². The van der Waals surface area contributed by atoms with Crippen LogP contribution in [0.2, 0.25) is 0 Å². The highest BCUT2D eigenvalue weighted by atomic mass is 16.5. The van der Waals surface area contributed by atoms with E-state index in [1.54, 1.807) is 6.92 Å². The number of piperazine rings is 1. The van der Waals surface area contributed by atoms with Crippen molar-refractivity contribution < 1.29 is 14.1 Å². The van der Waals surface area contributed by atoms with Gasteiger partial charge >= 0.3 is 0 Å². The summed E-state index contributed by atoms with van der Waals surface area (Å²) in [4.78, 5) is 30.0. The molecular formula is C14H14N4O3. The van der Waals surface area contributed by atoms with Crippen LogP contribution in [0.3, 0.4) is 0 Å². The van der Waals surface area contributed by atoms with Gasteiger partial charge in [0, 0.05) is 0 Å². The van der Waals surface area contributed by atoms with Gasteiger partial charge in [-0.1, -0.05) is 35.5 Å². The third-order valence-electron chi connectivity index (χ3n) is 3.53. The zero-order valence-electron chi connectivity index (χ0n) is 11.4. The monoisotopic (exact) mass is 286 g/mol. The van der Waals surface area contributed by atoms with Gasteiger partial charge < -0.3 is 14.7 Å². The van der Waals surface area contributed by atoms with Gasteiger partial charge in [0.2, 0.25) is 12.3 Å². The summed E-state index contributed by atoms with van der Waals surface area (Å²) in [6.07, 6.45) is 1.19. The third-order valence-corrected chi connectivity index (χ3v) is 3.53. The number of nitrogens with zero attached hydrogens (tertiary/aromatic N) is 3. The summed E-state index contributed by atoms with van der Waals surface area (Å²) in [5.41, 5.74) is -0.346. The van der Waals surface area contributed by atoms with Crippen LogP contribution in [0.4, 0.5) is 0 Å². The van der Waals surface area contributed by atoms with Crippen LogP contribution in [-0.2, 0) is 21.7 Å². The zero-order chi connectivity index (χ0) is 14.9. The lowest BCUT2D eigenvalue weighted by atomic mass is 9.88. The second-order valence-electron chi connectivity index (χ2n) is 5.05. The van der Waals surface area contributed by atoms with Crippen molar-refractivity contribution in [2.24, 2.45) is 0 Å². The number of hydrogen-bond acceptors (Lipinski definition) is 5. The fraction of sp³-hybridized carbons (Fsp3) is 0.286. The van der Waals surface area contributed by atoms with Crippen molar-refractivity contribution >= 4 is 11.8 Å². The van der Waals surface area contributed by atoms with Gasteiger partial charge in [0.1, 0.15) is 12.1 Å². The van der Waals surface area contributed by atoms with E-state index in [4.69, 9.17) is 0 Å². The van der Waals surface area contributed by atoms with Crippen LogP contribution in [0, 0.1) is 0 Å². The highest BCUT2D eigenvalue weighted by Crippen LogP contribution is 2.26. The number of rotatable bonds is 3. The molecule has 2 aromatic rings. The fourth-order valence-electron chi connectivity index (χ4n) is 2.46. The van der Waals surface area contributed by atoms with Crippen LogP contribution in [0.1, 0.15) is 18.3 Å². The molecule has 108 valence electrons. The molecule has 1 N–H and O–H groups in total. The second kappa shape index (κ2) is 5.01. The molecule has 7 nitrogen and oxygen atoms in total. The Morgan fingerprint density at radius 1 is 1.33 bits per heavy atom. The minimum absolute atomic E-state index is 0.0181. The molecule has 1 unspecified atom stereocenters. The molecule has 0 spiro atoms. The van der Waals surface area contributed by atoms with E-state index in [-0.39, 0.29) is 24.9 Å². The van der Waals surface area contributed by atoms with Gasteiger partial charge in [-0.05, 0) is 12.5 Å². The molecule has 0 saturated carbocycles. The van der Waals surface area contributed by atoms with Crippen LogP contribution in [0.25, 0.3) is 0 Å². The van der Waals surface area contributed by atoms with Crippen LogP contribution in [0.5, 0.6) is 0 Å². The number of benzene rings is 1. The van der Waals surface area contributed by atoms with Gasteiger partial charge in [0.05, 0.1) is 6.54 Å². The Balaban J connectivity index is 1.91. The first kappa shape index (κ1) is 13.3. The molecule has 3 rings (SSSR count). The number of carbonyl (C=O) groups excluding carboxylic acids is 2.